The van der Waals surface area contributed by atoms with Crippen LogP contribution in [0.3, 0.4) is 0 Å². The van der Waals surface area contributed by atoms with Gasteiger partial charge >= 0.3 is 18.2 Å². The molecule has 0 heterocycles. The van der Waals surface area contributed by atoms with Crippen molar-refractivity contribution in [1.82, 2.24) is 5.32 Å². The number of alkyl carbamates (subject to hydrolysis) is 1. The number of benzene rings is 3. The summed E-state index contributed by atoms with van der Waals surface area (Å²) in [6.45, 7) is 3.73. The van der Waals surface area contributed by atoms with Crippen LogP contribution in [-0.4, -0.2) is 44.5 Å². The number of ether oxygens (including phenoxy) is 3. The van der Waals surface area contributed by atoms with Crippen LogP contribution in [0.2, 0.25) is 0 Å². The van der Waals surface area contributed by atoms with Crippen LogP contribution in [0, 0.1) is 0 Å². The first-order valence-electron chi connectivity index (χ1n) is 11.8. The quantitative estimate of drug-likeness (QED) is 0.242. The van der Waals surface area contributed by atoms with Crippen LogP contribution in [0.15, 0.2) is 85.5 Å². The van der Waals surface area contributed by atoms with Gasteiger partial charge in [-0.1, -0.05) is 73.3 Å². The van der Waals surface area contributed by atoms with Crippen molar-refractivity contribution >= 4 is 23.8 Å². The van der Waals surface area contributed by atoms with E-state index in [4.69, 9.17) is 14.2 Å². The highest BCUT2D eigenvalue weighted by Gasteiger charge is 2.30. The van der Waals surface area contributed by atoms with Crippen molar-refractivity contribution in [3.05, 3.63) is 102 Å². The fraction of sp³-hybridized carbons (Fsp3) is 0.207. The lowest BCUT2D eigenvalue weighted by Gasteiger charge is -2.19. The lowest BCUT2D eigenvalue weighted by Crippen LogP contribution is -2.43. The SMILES string of the molecule is C=CCOC(=O)Nc1ccc(CC(NC(=O)OCC2c3ccccc3-c3ccccc32)C(=O)OC)cc1. The molecular weight excluding hydrogens is 472 g/mol. The highest BCUT2D eigenvalue weighted by atomic mass is 16.6. The van der Waals surface area contributed by atoms with Crippen LogP contribution in [0.4, 0.5) is 15.3 Å². The Morgan fingerprint density at radius 1 is 0.892 bits per heavy atom. The minimum absolute atomic E-state index is 0.0899. The standard InChI is InChI=1S/C29H28N2O6/c1-3-16-36-28(33)30-20-14-12-19(13-15-20)17-26(27(32)35-2)31-29(34)37-18-25-23-10-6-4-8-21(23)22-9-5-7-11-24(22)25/h3-15,25-26H,1,16-18H2,2H3,(H,30,33)(H,31,34). The zero-order valence-corrected chi connectivity index (χ0v) is 20.4. The van der Waals surface area contributed by atoms with Crippen molar-refractivity contribution in [3.8, 4) is 11.1 Å². The van der Waals surface area contributed by atoms with E-state index in [1.54, 1.807) is 24.3 Å². The number of fused-ring (bicyclic) bond motifs is 3. The van der Waals surface area contributed by atoms with Gasteiger partial charge < -0.3 is 19.5 Å². The van der Waals surface area contributed by atoms with E-state index in [-0.39, 0.29) is 25.6 Å². The van der Waals surface area contributed by atoms with Crippen LogP contribution in [0.1, 0.15) is 22.6 Å². The molecule has 0 aromatic heterocycles. The van der Waals surface area contributed by atoms with E-state index in [1.807, 2.05) is 36.4 Å². The smallest absolute Gasteiger partial charge is 0.411 e. The maximum Gasteiger partial charge on any atom is 0.411 e. The molecule has 190 valence electrons. The average molecular weight is 501 g/mol. The number of amides is 2. The fourth-order valence-corrected chi connectivity index (χ4v) is 4.37. The van der Waals surface area contributed by atoms with Crippen LogP contribution in [0.5, 0.6) is 0 Å². The fourth-order valence-electron chi connectivity index (χ4n) is 4.37. The molecule has 0 saturated carbocycles. The van der Waals surface area contributed by atoms with Crippen LogP contribution in [-0.2, 0) is 25.4 Å². The summed E-state index contributed by atoms with van der Waals surface area (Å²) < 4.78 is 15.3. The molecule has 2 N–H and O–H groups in total. The molecule has 3 aromatic carbocycles. The summed E-state index contributed by atoms with van der Waals surface area (Å²) in [5.41, 5.74) is 5.74. The molecule has 0 spiro atoms. The van der Waals surface area contributed by atoms with Gasteiger partial charge in [-0.25, -0.2) is 14.4 Å². The minimum atomic E-state index is -0.947. The topological polar surface area (TPSA) is 103 Å². The summed E-state index contributed by atoms with van der Waals surface area (Å²) in [4.78, 5) is 36.7. The number of esters is 1. The first-order chi connectivity index (χ1) is 18.0. The van der Waals surface area contributed by atoms with Crippen LogP contribution < -0.4 is 10.6 Å². The molecule has 0 bridgehead atoms. The van der Waals surface area contributed by atoms with Crippen LogP contribution >= 0.6 is 0 Å². The zero-order valence-electron chi connectivity index (χ0n) is 20.4. The lowest BCUT2D eigenvalue weighted by molar-refractivity contribution is -0.143. The summed E-state index contributed by atoms with van der Waals surface area (Å²) >= 11 is 0. The van der Waals surface area contributed by atoms with Gasteiger partial charge in [-0.05, 0) is 39.9 Å². The molecule has 1 aliphatic carbocycles. The molecule has 0 saturated heterocycles. The third kappa shape index (κ3) is 6.16. The van der Waals surface area contributed by atoms with Crippen molar-refractivity contribution in [2.24, 2.45) is 0 Å². The largest absolute Gasteiger partial charge is 0.467 e. The van der Waals surface area contributed by atoms with E-state index >= 15 is 0 Å². The Labute approximate surface area is 215 Å². The number of nitrogens with one attached hydrogen (secondary N) is 2. The second kappa shape index (κ2) is 11.9. The minimum Gasteiger partial charge on any atom is -0.467 e. The molecule has 8 nitrogen and oxygen atoms in total. The van der Waals surface area contributed by atoms with E-state index in [1.165, 1.54) is 13.2 Å². The third-order valence-corrected chi connectivity index (χ3v) is 6.09. The van der Waals surface area contributed by atoms with Crippen LogP contribution in [0.25, 0.3) is 11.1 Å². The summed E-state index contributed by atoms with van der Waals surface area (Å²) in [6.07, 6.45) is 0.342. The first kappa shape index (κ1) is 25.5. The lowest BCUT2D eigenvalue weighted by atomic mass is 9.98. The van der Waals surface area contributed by atoms with Gasteiger partial charge in [0.05, 0.1) is 7.11 Å². The Bertz CT molecular complexity index is 1240. The molecule has 3 aromatic rings. The van der Waals surface area contributed by atoms with Crippen molar-refractivity contribution in [3.63, 3.8) is 0 Å². The second-order valence-electron chi connectivity index (χ2n) is 8.46. The Morgan fingerprint density at radius 3 is 2.11 bits per heavy atom. The maximum atomic E-state index is 12.7. The van der Waals surface area contributed by atoms with E-state index in [0.29, 0.717) is 5.69 Å². The molecule has 1 atom stereocenters. The molecule has 1 unspecified atom stereocenters. The van der Waals surface area contributed by atoms with Crippen molar-refractivity contribution in [2.75, 3.05) is 25.6 Å². The van der Waals surface area contributed by atoms with Gasteiger partial charge in [0.2, 0.25) is 0 Å². The number of hydrogen-bond donors (Lipinski definition) is 2. The Balaban J connectivity index is 1.37. The van der Waals surface area contributed by atoms with Gasteiger partial charge in [0.25, 0.3) is 0 Å². The number of methoxy groups -OCH3 is 1. The molecule has 1 aliphatic rings. The summed E-state index contributed by atoms with van der Waals surface area (Å²) in [5, 5.41) is 5.21. The third-order valence-electron chi connectivity index (χ3n) is 6.09. The van der Waals surface area contributed by atoms with E-state index in [9.17, 15) is 14.4 Å². The van der Waals surface area contributed by atoms with Gasteiger partial charge in [-0.15, -0.1) is 0 Å². The number of carbonyl (C=O) groups excluding carboxylic acids is 3. The first-order valence-corrected chi connectivity index (χ1v) is 11.8. The molecule has 2 amide bonds. The predicted molar refractivity (Wildman–Crippen MR) is 139 cm³/mol. The van der Waals surface area contributed by atoms with E-state index in [2.05, 4.69) is 29.3 Å². The second-order valence-corrected chi connectivity index (χ2v) is 8.46. The van der Waals surface area contributed by atoms with E-state index < -0.39 is 24.2 Å². The Kier molecular flexibility index (Phi) is 8.20. The molecular formula is C29H28N2O6. The van der Waals surface area contributed by atoms with Crippen molar-refractivity contribution in [1.29, 1.82) is 0 Å². The molecule has 8 heteroatoms. The summed E-state index contributed by atoms with van der Waals surface area (Å²) in [5.74, 6) is -0.684. The highest BCUT2D eigenvalue weighted by molar-refractivity contribution is 5.85. The van der Waals surface area contributed by atoms with E-state index in [0.717, 1.165) is 27.8 Å². The molecule has 0 aliphatic heterocycles. The monoisotopic (exact) mass is 500 g/mol. The molecule has 0 fully saturated rings. The van der Waals surface area contributed by atoms with Crippen molar-refractivity contribution < 1.29 is 28.6 Å². The summed E-state index contributed by atoms with van der Waals surface area (Å²) in [6, 6.07) is 22.0. The predicted octanol–water partition coefficient (Wildman–Crippen LogP) is 5.04. The molecule has 4 rings (SSSR count). The number of carbonyl (C=O) groups is 3. The Hall–Kier alpha value is -4.59. The van der Waals surface area contributed by atoms with Crippen molar-refractivity contribution in [2.45, 2.75) is 18.4 Å². The van der Waals surface area contributed by atoms with Gasteiger partial charge in [0.1, 0.15) is 19.3 Å². The normalized spacial score (nSPS) is 12.5. The average Bonchev–Trinajstić information content (AvgIpc) is 3.24. The zero-order chi connectivity index (χ0) is 26.2. The number of hydrogen-bond acceptors (Lipinski definition) is 6. The Morgan fingerprint density at radius 2 is 1.51 bits per heavy atom. The molecule has 0 radical (unpaired) electrons. The summed E-state index contributed by atoms with van der Waals surface area (Å²) in [7, 11) is 1.26. The highest BCUT2D eigenvalue weighted by Crippen LogP contribution is 2.44. The number of anilines is 1. The molecule has 37 heavy (non-hydrogen) atoms. The van der Waals surface area contributed by atoms with Gasteiger partial charge in [0.15, 0.2) is 0 Å². The van der Waals surface area contributed by atoms with Gasteiger partial charge in [0, 0.05) is 18.0 Å². The van der Waals surface area contributed by atoms with Gasteiger partial charge in [-0.3, -0.25) is 5.32 Å². The van der Waals surface area contributed by atoms with Gasteiger partial charge in [-0.2, -0.15) is 0 Å². The maximum absolute atomic E-state index is 12.7. The number of rotatable bonds is 9.